The number of carbonyl (C=O) groups is 1. The van der Waals surface area contributed by atoms with Crippen LogP contribution in [0.5, 0.6) is 0 Å². The van der Waals surface area contributed by atoms with Crippen LogP contribution in [-0.2, 0) is 24.4 Å². The van der Waals surface area contributed by atoms with Gasteiger partial charge >= 0.3 is 0 Å². The molecule has 0 aliphatic carbocycles. The fraction of sp³-hybridized carbons (Fsp3) is 0.208. The van der Waals surface area contributed by atoms with Gasteiger partial charge in [0.2, 0.25) is 0 Å². The molecule has 0 spiro atoms. The van der Waals surface area contributed by atoms with E-state index in [2.05, 4.69) is 5.48 Å². The van der Waals surface area contributed by atoms with Crippen molar-refractivity contribution in [1.29, 1.82) is 0 Å². The number of nitrogens with one attached hydrogen (secondary N) is 1. The minimum absolute atomic E-state index is 0.182. The highest BCUT2D eigenvalue weighted by Gasteiger charge is 2.17. The van der Waals surface area contributed by atoms with Crippen molar-refractivity contribution in [1.82, 2.24) is 9.45 Å². The maximum atomic E-state index is 12.9. The quantitative estimate of drug-likeness (QED) is 0.433. The number of aromatic nitrogens is 1. The Hall–Kier alpha value is -3.20. The maximum absolute atomic E-state index is 12.9. The summed E-state index contributed by atoms with van der Waals surface area (Å²) in [5.41, 5.74) is 4.85. The van der Waals surface area contributed by atoms with E-state index in [1.807, 2.05) is 30.3 Å². The van der Waals surface area contributed by atoms with Crippen LogP contribution in [0.1, 0.15) is 24.8 Å². The van der Waals surface area contributed by atoms with Gasteiger partial charge in [0.1, 0.15) is 0 Å². The molecule has 2 heterocycles. The maximum Gasteiger partial charge on any atom is 0.267 e. The zero-order chi connectivity index (χ0) is 22.4. The molecule has 1 aliphatic rings. The summed E-state index contributed by atoms with van der Waals surface area (Å²) < 4.78 is 32.4. The van der Waals surface area contributed by atoms with Crippen molar-refractivity contribution in [3.05, 3.63) is 84.7 Å². The third kappa shape index (κ3) is 5.34. The van der Waals surface area contributed by atoms with Crippen LogP contribution >= 0.6 is 0 Å². The van der Waals surface area contributed by atoms with Crippen molar-refractivity contribution in [2.24, 2.45) is 0 Å². The molecule has 0 bridgehead atoms. The predicted molar refractivity (Wildman–Crippen MR) is 121 cm³/mol. The summed E-state index contributed by atoms with van der Waals surface area (Å²) in [6, 6.07) is 18.1. The van der Waals surface area contributed by atoms with E-state index in [1.165, 1.54) is 24.5 Å². The van der Waals surface area contributed by atoms with Gasteiger partial charge in [-0.1, -0.05) is 42.5 Å². The Labute approximate surface area is 187 Å². The van der Waals surface area contributed by atoms with Crippen LogP contribution in [0.4, 0.5) is 0 Å². The standard InChI is InChI=1S/C24H24N2O5S/c27-23(25-31-24-8-4-5-17-30-24)14-9-19-15-16-26(18-19)32(28,29)22-12-10-21(11-13-22)20-6-2-1-3-7-20/h1-3,6-7,9-16,18,24H,4-5,8,17H2,(H,25,27)/b14-9+. The second-order valence-corrected chi connectivity index (χ2v) is 9.23. The third-order valence-electron chi connectivity index (χ3n) is 5.08. The van der Waals surface area contributed by atoms with Crippen molar-refractivity contribution in [3.8, 4) is 11.1 Å². The van der Waals surface area contributed by atoms with E-state index < -0.39 is 22.2 Å². The zero-order valence-corrected chi connectivity index (χ0v) is 18.2. The van der Waals surface area contributed by atoms with Crippen LogP contribution in [0.15, 0.2) is 84.0 Å². The fourth-order valence-electron chi connectivity index (χ4n) is 3.35. The van der Waals surface area contributed by atoms with Gasteiger partial charge in [-0.2, -0.15) is 0 Å². The van der Waals surface area contributed by atoms with Crippen LogP contribution < -0.4 is 5.48 Å². The lowest BCUT2D eigenvalue weighted by molar-refractivity contribution is -0.198. The molecular formula is C24H24N2O5S. The molecule has 166 valence electrons. The summed E-state index contributed by atoms with van der Waals surface area (Å²) in [6.45, 7) is 0.618. The number of hydrogen-bond acceptors (Lipinski definition) is 5. The fourth-order valence-corrected chi connectivity index (χ4v) is 4.55. The Morgan fingerprint density at radius 1 is 1.03 bits per heavy atom. The summed E-state index contributed by atoms with van der Waals surface area (Å²) in [5.74, 6) is -0.453. The van der Waals surface area contributed by atoms with Gasteiger partial charge in [0, 0.05) is 31.5 Å². The first-order valence-electron chi connectivity index (χ1n) is 10.4. The number of ether oxygens (including phenoxy) is 1. The van der Waals surface area contributed by atoms with Gasteiger partial charge in [0.25, 0.3) is 15.9 Å². The lowest BCUT2D eigenvalue weighted by atomic mass is 10.1. The summed E-state index contributed by atoms with van der Waals surface area (Å²) in [7, 11) is -3.74. The average Bonchev–Trinajstić information content (AvgIpc) is 3.33. The van der Waals surface area contributed by atoms with Crippen molar-refractivity contribution < 1.29 is 22.8 Å². The molecule has 2 aromatic carbocycles. The minimum Gasteiger partial charge on any atom is -0.350 e. The average molecular weight is 453 g/mol. The molecule has 3 aromatic rings. The summed E-state index contributed by atoms with van der Waals surface area (Å²) in [5, 5.41) is 0. The van der Waals surface area contributed by atoms with Gasteiger partial charge in [-0.25, -0.2) is 22.7 Å². The highest BCUT2D eigenvalue weighted by Crippen LogP contribution is 2.22. The van der Waals surface area contributed by atoms with E-state index in [1.54, 1.807) is 30.3 Å². The highest BCUT2D eigenvalue weighted by atomic mass is 32.2. The molecule has 7 nitrogen and oxygen atoms in total. The third-order valence-corrected chi connectivity index (χ3v) is 6.73. The number of nitrogens with zero attached hydrogens (tertiary/aromatic N) is 1. The molecular weight excluding hydrogens is 428 g/mol. The number of hydrogen-bond donors (Lipinski definition) is 1. The molecule has 1 fully saturated rings. The molecule has 1 amide bonds. The lowest BCUT2D eigenvalue weighted by Crippen LogP contribution is -2.32. The Morgan fingerprint density at radius 2 is 1.78 bits per heavy atom. The molecule has 1 aromatic heterocycles. The Kier molecular flexibility index (Phi) is 6.84. The summed E-state index contributed by atoms with van der Waals surface area (Å²) >= 11 is 0. The van der Waals surface area contributed by atoms with Crippen LogP contribution in [0.2, 0.25) is 0 Å². The second kappa shape index (κ2) is 9.95. The van der Waals surface area contributed by atoms with Gasteiger partial charge < -0.3 is 4.74 Å². The number of benzene rings is 2. The first-order valence-corrected chi connectivity index (χ1v) is 11.8. The number of amides is 1. The number of hydroxylamine groups is 1. The van der Waals surface area contributed by atoms with Gasteiger partial charge in [-0.15, -0.1) is 0 Å². The van der Waals surface area contributed by atoms with E-state index >= 15 is 0 Å². The van der Waals surface area contributed by atoms with Gasteiger partial charge in [0.15, 0.2) is 6.29 Å². The largest absolute Gasteiger partial charge is 0.350 e. The van der Waals surface area contributed by atoms with Gasteiger partial charge in [-0.05, 0) is 53.8 Å². The minimum atomic E-state index is -3.74. The first kappa shape index (κ1) is 22.0. The van der Waals surface area contributed by atoms with Crippen molar-refractivity contribution in [2.45, 2.75) is 30.4 Å². The first-order chi connectivity index (χ1) is 15.5. The molecule has 0 radical (unpaired) electrons. The van der Waals surface area contributed by atoms with Crippen molar-refractivity contribution in [3.63, 3.8) is 0 Å². The van der Waals surface area contributed by atoms with Crippen LogP contribution in [-0.4, -0.2) is 31.2 Å². The SMILES string of the molecule is O=C(/C=C/c1ccn(S(=O)(=O)c2ccc(-c3ccccc3)cc2)c1)NOC1CCCCO1. The van der Waals surface area contributed by atoms with E-state index in [9.17, 15) is 13.2 Å². The molecule has 32 heavy (non-hydrogen) atoms. The molecule has 0 saturated carbocycles. The van der Waals surface area contributed by atoms with E-state index in [0.717, 1.165) is 34.4 Å². The topological polar surface area (TPSA) is 86.6 Å². The monoisotopic (exact) mass is 452 g/mol. The van der Waals surface area contributed by atoms with Crippen LogP contribution in [0, 0.1) is 0 Å². The van der Waals surface area contributed by atoms with Crippen LogP contribution in [0.3, 0.4) is 0 Å². The Balaban J connectivity index is 1.39. The van der Waals surface area contributed by atoms with E-state index in [-0.39, 0.29) is 4.90 Å². The van der Waals surface area contributed by atoms with Crippen molar-refractivity contribution in [2.75, 3.05) is 6.61 Å². The van der Waals surface area contributed by atoms with E-state index in [4.69, 9.17) is 9.57 Å². The molecule has 1 saturated heterocycles. The Morgan fingerprint density at radius 3 is 2.50 bits per heavy atom. The Bertz CT molecular complexity index is 1180. The summed E-state index contributed by atoms with van der Waals surface area (Å²) in [4.78, 5) is 17.3. The number of rotatable bonds is 7. The zero-order valence-electron chi connectivity index (χ0n) is 17.4. The molecule has 8 heteroatoms. The van der Waals surface area contributed by atoms with Crippen molar-refractivity contribution >= 4 is 22.0 Å². The molecule has 1 N–H and O–H groups in total. The molecule has 4 rings (SSSR count). The normalized spacial score (nSPS) is 16.8. The predicted octanol–water partition coefficient (Wildman–Crippen LogP) is 3.98. The highest BCUT2D eigenvalue weighted by molar-refractivity contribution is 7.90. The van der Waals surface area contributed by atoms with Gasteiger partial charge in [0.05, 0.1) is 4.90 Å². The summed E-state index contributed by atoms with van der Waals surface area (Å²) in [6.07, 6.45) is 7.99. The van der Waals surface area contributed by atoms with Gasteiger partial charge in [-0.3, -0.25) is 4.79 Å². The second-order valence-electron chi connectivity index (χ2n) is 7.38. The molecule has 1 aliphatic heterocycles. The number of carbonyl (C=O) groups excluding carboxylic acids is 1. The van der Waals surface area contributed by atoms with Crippen LogP contribution in [0.25, 0.3) is 17.2 Å². The smallest absolute Gasteiger partial charge is 0.267 e. The molecule has 1 atom stereocenters. The molecule has 1 unspecified atom stereocenters. The lowest BCUT2D eigenvalue weighted by Gasteiger charge is -2.21. The van der Waals surface area contributed by atoms with E-state index in [0.29, 0.717) is 12.2 Å².